The number of hydrogen-bond donors (Lipinski definition) is 0. The average molecular weight is 428 g/mol. The van der Waals surface area contributed by atoms with Crippen molar-refractivity contribution >= 4 is 16.7 Å². The van der Waals surface area contributed by atoms with Crippen molar-refractivity contribution in [3.8, 4) is 0 Å². The summed E-state index contributed by atoms with van der Waals surface area (Å²) in [6, 6.07) is 23.5. The van der Waals surface area contributed by atoms with Gasteiger partial charge in [0.1, 0.15) is 0 Å². The van der Waals surface area contributed by atoms with Gasteiger partial charge >= 0.3 is 5.97 Å². The van der Waals surface area contributed by atoms with Crippen LogP contribution in [0.3, 0.4) is 0 Å². The molecule has 2 saturated carbocycles. The van der Waals surface area contributed by atoms with Gasteiger partial charge in [0.05, 0.1) is 5.92 Å². The Morgan fingerprint density at radius 2 is 1.62 bits per heavy atom. The number of hydrogen-bond acceptors (Lipinski definition) is 3. The summed E-state index contributed by atoms with van der Waals surface area (Å²) >= 11 is 0. The minimum absolute atomic E-state index is 0.0114. The lowest BCUT2D eigenvalue weighted by atomic mass is 9.88. The summed E-state index contributed by atoms with van der Waals surface area (Å²) in [4.78, 5) is 15.6. The Bertz CT molecular complexity index is 1120. The highest BCUT2D eigenvalue weighted by atomic mass is 16.5. The van der Waals surface area contributed by atoms with Gasteiger partial charge in [0.15, 0.2) is 6.10 Å². The van der Waals surface area contributed by atoms with Crippen molar-refractivity contribution in [1.29, 1.82) is 0 Å². The van der Waals surface area contributed by atoms with E-state index < -0.39 is 6.10 Å². The first-order chi connectivity index (χ1) is 15.5. The molecule has 0 spiro atoms. The van der Waals surface area contributed by atoms with E-state index in [1.807, 2.05) is 0 Å². The maximum Gasteiger partial charge on any atom is 0.310 e. The maximum atomic E-state index is 13.4. The van der Waals surface area contributed by atoms with E-state index in [0.29, 0.717) is 5.92 Å². The zero-order valence-electron chi connectivity index (χ0n) is 19.3. The summed E-state index contributed by atoms with van der Waals surface area (Å²) in [7, 11) is 4.18. The second-order valence-electron chi connectivity index (χ2n) is 9.97. The fourth-order valence-corrected chi connectivity index (χ4v) is 5.83. The second-order valence-corrected chi connectivity index (χ2v) is 9.97. The molecule has 3 aromatic carbocycles. The molecule has 2 bridgehead atoms. The van der Waals surface area contributed by atoms with Crippen LogP contribution in [0.2, 0.25) is 0 Å². The van der Waals surface area contributed by atoms with Crippen LogP contribution in [-0.4, -0.2) is 25.0 Å². The van der Waals surface area contributed by atoms with Gasteiger partial charge < -0.3 is 9.64 Å². The highest BCUT2D eigenvalue weighted by molar-refractivity contribution is 5.83. The van der Waals surface area contributed by atoms with Gasteiger partial charge in [0.2, 0.25) is 0 Å². The molecular formula is C29H33NO2. The zero-order valence-corrected chi connectivity index (χ0v) is 19.3. The maximum absolute atomic E-state index is 13.4. The molecule has 0 unspecified atom stereocenters. The van der Waals surface area contributed by atoms with Crippen molar-refractivity contribution < 1.29 is 9.53 Å². The zero-order chi connectivity index (χ0) is 22.2. The molecule has 0 amide bonds. The molecular weight excluding hydrogens is 394 g/mol. The highest BCUT2D eigenvalue weighted by Gasteiger charge is 2.44. The summed E-state index contributed by atoms with van der Waals surface area (Å²) in [5.41, 5.74) is 3.33. The Morgan fingerprint density at radius 1 is 0.906 bits per heavy atom. The van der Waals surface area contributed by atoms with Gasteiger partial charge in [-0.1, -0.05) is 67.1 Å². The molecule has 3 nitrogen and oxygen atoms in total. The van der Waals surface area contributed by atoms with Crippen molar-refractivity contribution in [3.63, 3.8) is 0 Å². The van der Waals surface area contributed by atoms with Crippen molar-refractivity contribution in [2.24, 2.45) is 17.8 Å². The average Bonchev–Trinajstić information content (AvgIpc) is 3.45. The molecule has 0 N–H and O–H groups in total. The van der Waals surface area contributed by atoms with E-state index >= 15 is 0 Å². The summed E-state index contributed by atoms with van der Waals surface area (Å²) < 4.78 is 6.42. The Hall–Kier alpha value is -2.65. The summed E-state index contributed by atoms with van der Waals surface area (Å²) in [5, 5.41) is 2.37. The standard InChI is InChI=1S/C29H33NO2/c1-19(30(2)3)25-10-6-7-11-26(25)28(24-15-14-21-8-4-5-9-22(21)18-24)32-29(31)27-17-20-12-13-23(27)16-20/h4-11,14-15,18-20,23,27-28H,12-13,16-17H2,1-3H3/t19-,20-,23+,27+,28+/m1/s1. The number of carbonyl (C=O) groups is 1. The van der Waals surface area contributed by atoms with Gasteiger partial charge in [-0.2, -0.15) is 0 Å². The molecule has 3 heteroatoms. The first-order valence-electron chi connectivity index (χ1n) is 12.0. The Balaban J connectivity index is 1.55. The van der Waals surface area contributed by atoms with E-state index in [-0.39, 0.29) is 17.9 Å². The largest absolute Gasteiger partial charge is 0.452 e. The molecule has 0 heterocycles. The molecule has 5 atom stereocenters. The molecule has 3 aromatic rings. The molecule has 32 heavy (non-hydrogen) atoms. The van der Waals surface area contributed by atoms with Crippen LogP contribution in [0, 0.1) is 17.8 Å². The Kier molecular flexibility index (Phi) is 5.77. The minimum Gasteiger partial charge on any atom is -0.452 e. The SMILES string of the molecule is C[C@H](c1ccccc1[C@@H](OC(=O)[C@H]1C[C@@H]2CC[C@H]1C2)c1ccc2ccccc2c1)N(C)C. The van der Waals surface area contributed by atoms with Crippen molar-refractivity contribution in [3.05, 3.63) is 83.4 Å². The molecule has 0 radical (unpaired) electrons. The predicted octanol–water partition coefficient (Wildman–Crippen LogP) is 6.53. The van der Waals surface area contributed by atoms with Gasteiger partial charge in [-0.25, -0.2) is 0 Å². The van der Waals surface area contributed by atoms with E-state index in [9.17, 15) is 4.79 Å². The number of nitrogens with zero attached hydrogens (tertiary/aromatic N) is 1. The van der Waals surface area contributed by atoms with Gasteiger partial charge in [-0.15, -0.1) is 0 Å². The third kappa shape index (κ3) is 3.95. The van der Waals surface area contributed by atoms with Crippen LogP contribution in [-0.2, 0) is 9.53 Å². The molecule has 2 fully saturated rings. The van der Waals surface area contributed by atoms with Gasteiger partial charge in [0, 0.05) is 11.6 Å². The van der Waals surface area contributed by atoms with Gasteiger partial charge in [-0.3, -0.25) is 4.79 Å². The molecule has 0 aromatic heterocycles. The number of esters is 1. The van der Waals surface area contributed by atoms with Crippen LogP contribution >= 0.6 is 0 Å². The van der Waals surface area contributed by atoms with Gasteiger partial charge in [-0.05, 0) is 80.1 Å². The highest BCUT2D eigenvalue weighted by Crippen LogP contribution is 2.49. The van der Waals surface area contributed by atoms with E-state index in [1.54, 1.807) is 0 Å². The monoisotopic (exact) mass is 427 g/mol. The lowest BCUT2D eigenvalue weighted by Crippen LogP contribution is -2.26. The topological polar surface area (TPSA) is 29.5 Å². The lowest BCUT2D eigenvalue weighted by molar-refractivity contribution is -0.154. The minimum atomic E-state index is -0.398. The van der Waals surface area contributed by atoms with E-state index in [4.69, 9.17) is 4.74 Å². The molecule has 0 aliphatic heterocycles. The number of rotatable bonds is 6. The molecule has 166 valence electrons. The smallest absolute Gasteiger partial charge is 0.310 e. The summed E-state index contributed by atoms with van der Waals surface area (Å²) in [6.07, 6.45) is 4.27. The van der Waals surface area contributed by atoms with Gasteiger partial charge in [0.25, 0.3) is 0 Å². The molecule has 2 aliphatic carbocycles. The lowest BCUT2D eigenvalue weighted by Gasteiger charge is -2.29. The number of fused-ring (bicyclic) bond motifs is 3. The van der Waals surface area contributed by atoms with Crippen molar-refractivity contribution in [1.82, 2.24) is 4.90 Å². The van der Waals surface area contributed by atoms with Crippen LogP contribution in [0.1, 0.15) is 61.4 Å². The molecule has 0 saturated heterocycles. The van der Waals surface area contributed by atoms with Crippen molar-refractivity contribution in [2.75, 3.05) is 14.1 Å². The summed E-state index contributed by atoms with van der Waals surface area (Å²) in [6.45, 7) is 2.20. The first-order valence-corrected chi connectivity index (χ1v) is 12.0. The Labute approximate surface area is 191 Å². The number of ether oxygens (including phenoxy) is 1. The van der Waals surface area contributed by atoms with E-state index in [1.165, 1.54) is 35.6 Å². The number of benzene rings is 3. The normalized spacial score (nSPS) is 24.1. The Morgan fingerprint density at radius 3 is 2.31 bits per heavy atom. The second kappa shape index (κ2) is 8.71. The predicted molar refractivity (Wildman–Crippen MR) is 129 cm³/mol. The summed E-state index contributed by atoms with van der Waals surface area (Å²) in [5.74, 6) is 1.29. The van der Waals surface area contributed by atoms with E-state index in [0.717, 1.165) is 23.5 Å². The van der Waals surface area contributed by atoms with E-state index in [2.05, 4.69) is 92.6 Å². The van der Waals surface area contributed by atoms with Crippen LogP contribution in [0.5, 0.6) is 0 Å². The third-order valence-corrected chi connectivity index (χ3v) is 7.85. The van der Waals surface area contributed by atoms with Crippen LogP contribution in [0.4, 0.5) is 0 Å². The third-order valence-electron chi connectivity index (χ3n) is 7.85. The fourth-order valence-electron chi connectivity index (χ4n) is 5.83. The first kappa shape index (κ1) is 21.2. The van der Waals surface area contributed by atoms with Crippen LogP contribution in [0.15, 0.2) is 66.7 Å². The number of carbonyl (C=O) groups excluding carboxylic acids is 1. The van der Waals surface area contributed by atoms with Crippen LogP contribution < -0.4 is 0 Å². The molecule has 2 aliphatic rings. The fraction of sp³-hybridized carbons (Fsp3) is 0.414. The quantitative estimate of drug-likeness (QED) is 0.419. The molecule has 5 rings (SSSR count). The van der Waals surface area contributed by atoms with Crippen LogP contribution in [0.25, 0.3) is 10.8 Å². The van der Waals surface area contributed by atoms with Crippen molar-refractivity contribution in [2.45, 2.75) is 44.8 Å².